The van der Waals surface area contributed by atoms with Crippen LogP contribution in [0.1, 0.15) is 30.6 Å². The number of aromatic amines is 1. The van der Waals surface area contributed by atoms with Gasteiger partial charge in [0.05, 0.1) is 13.5 Å². The van der Waals surface area contributed by atoms with Crippen molar-refractivity contribution >= 4 is 22.6 Å². The second kappa shape index (κ2) is 7.94. The van der Waals surface area contributed by atoms with Crippen molar-refractivity contribution in [2.45, 2.75) is 26.3 Å². The van der Waals surface area contributed by atoms with E-state index >= 15 is 0 Å². The largest absolute Gasteiger partial charge is 0.469 e. The summed E-state index contributed by atoms with van der Waals surface area (Å²) in [5.74, 6) is 0.0515. The first-order valence-corrected chi connectivity index (χ1v) is 8.63. The van der Waals surface area contributed by atoms with Crippen LogP contribution in [0.2, 0.25) is 0 Å². The number of amides is 1. The van der Waals surface area contributed by atoms with Gasteiger partial charge in [0.25, 0.3) is 5.91 Å². The van der Waals surface area contributed by atoms with Gasteiger partial charge in [-0.05, 0) is 40.1 Å². The average Bonchev–Trinajstić information content (AvgIpc) is 3.21. The molecule has 1 aromatic heterocycles. The van der Waals surface area contributed by atoms with Crippen molar-refractivity contribution in [3.63, 3.8) is 0 Å². The second-order valence-corrected chi connectivity index (χ2v) is 6.62. The molecule has 3 aromatic rings. The number of hydrogen-bond donors (Lipinski definition) is 2. The Morgan fingerprint density at radius 1 is 1.15 bits per heavy atom. The molecule has 1 atom stereocenters. The normalized spacial score (nSPS) is 12.1. The van der Waals surface area contributed by atoms with Crippen LogP contribution in [0.15, 0.2) is 36.4 Å². The van der Waals surface area contributed by atoms with E-state index in [-0.39, 0.29) is 30.3 Å². The number of carbonyl (C=O) groups is 2. The molecule has 1 amide bonds. The SMILES string of the molecule is COC(=O)CC(NC(=O)c1ccc2cc(-c3nn[nH]n3)ccc2c1)C(C)C. The van der Waals surface area contributed by atoms with Gasteiger partial charge in [-0.15, -0.1) is 10.2 Å². The molecule has 2 N–H and O–H groups in total. The number of ether oxygens (including phenoxy) is 1. The topological polar surface area (TPSA) is 110 Å². The summed E-state index contributed by atoms with van der Waals surface area (Å²) >= 11 is 0. The number of esters is 1. The number of nitrogens with one attached hydrogen (secondary N) is 2. The number of hydrogen-bond acceptors (Lipinski definition) is 6. The third-order valence-electron chi connectivity index (χ3n) is 4.44. The molecule has 0 saturated heterocycles. The minimum absolute atomic E-state index is 0.103. The molecule has 0 radical (unpaired) electrons. The lowest BCUT2D eigenvalue weighted by atomic mass is 9.99. The predicted octanol–water partition coefficient (Wildman–Crippen LogP) is 2.34. The molecule has 0 fully saturated rings. The average molecular weight is 367 g/mol. The number of benzene rings is 2. The van der Waals surface area contributed by atoms with Crippen molar-refractivity contribution in [1.29, 1.82) is 0 Å². The van der Waals surface area contributed by atoms with Crippen molar-refractivity contribution < 1.29 is 14.3 Å². The zero-order valence-electron chi connectivity index (χ0n) is 15.4. The predicted molar refractivity (Wildman–Crippen MR) is 99.8 cm³/mol. The summed E-state index contributed by atoms with van der Waals surface area (Å²) in [5.41, 5.74) is 1.37. The second-order valence-electron chi connectivity index (χ2n) is 6.62. The number of tetrazole rings is 1. The highest BCUT2D eigenvalue weighted by Gasteiger charge is 2.21. The Balaban J connectivity index is 1.80. The van der Waals surface area contributed by atoms with Crippen LogP contribution in [0.4, 0.5) is 0 Å². The number of methoxy groups -OCH3 is 1. The van der Waals surface area contributed by atoms with E-state index in [4.69, 9.17) is 4.74 Å². The number of carbonyl (C=O) groups excluding carboxylic acids is 2. The Morgan fingerprint density at radius 3 is 2.56 bits per heavy atom. The van der Waals surface area contributed by atoms with Gasteiger partial charge in [0, 0.05) is 17.2 Å². The van der Waals surface area contributed by atoms with Crippen molar-refractivity contribution in [3.8, 4) is 11.4 Å². The van der Waals surface area contributed by atoms with Gasteiger partial charge in [-0.25, -0.2) is 0 Å². The highest BCUT2D eigenvalue weighted by atomic mass is 16.5. The van der Waals surface area contributed by atoms with E-state index in [2.05, 4.69) is 25.9 Å². The lowest BCUT2D eigenvalue weighted by Crippen LogP contribution is -2.40. The first-order valence-electron chi connectivity index (χ1n) is 8.63. The highest BCUT2D eigenvalue weighted by molar-refractivity contribution is 5.99. The molecule has 0 bridgehead atoms. The van der Waals surface area contributed by atoms with Crippen LogP contribution in [0.5, 0.6) is 0 Å². The Bertz CT molecular complexity index is 953. The minimum Gasteiger partial charge on any atom is -0.469 e. The van der Waals surface area contributed by atoms with Crippen molar-refractivity contribution in [2.24, 2.45) is 5.92 Å². The summed E-state index contributed by atoms with van der Waals surface area (Å²) in [7, 11) is 1.34. The summed E-state index contributed by atoms with van der Waals surface area (Å²) < 4.78 is 4.71. The molecule has 8 nitrogen and oxygen atoms in total. The molecule has 2 aromatic carbocycles. The van der Waals surface area contributed by atoms with Gasteiger partial charge >= 0.3 is 5.97 Å². The molecular formula is C19H21N5O3. The molecule has 1 heterocycles. The fourth-order valence-electron chi connectivity index (χ4n) is 2.78. The molecule has 1 unspecified atom stereocenters. The zero-order valence-corrected chi connectivity index (χ0v) is 15.4. The molecule has 8 heteroatoms. The number of H-pyrrole nitrogens is 1. The maximum Gasteiger partial charge on any atom is 0.307 e. The van der Waals surface area contributed by atoms with Crippen molar-refractivity contribution in [1.82, 2.24) is 25.9 Å². The van der Waals surface area contributed by atoms with E-state index in [1.165, 1.54) is 7.11 Å². The maximum atomic E-state index is 12.6. The van der Waals surface area contributed by atoms with E-state index < -0.39 is 0 Å². The summed E-state index contributed by atoms with van der Waals surface area (Å²) in [6, 6.07) is 10.9. The molecule has 0 spiro atoms. The minimum atomic E-state index is -0.346. The van der Waals surface area contributed by atoms with Crippen LogP contribution in [0.25, 0.3) is 22.2 Å². The molecule has 0 aliphatic rings. The van der Waals surface area contributed by atoms with Gasteiger partial charge in [0.15, 0.2) is 0 Å². The smallest absolute Gasteiger partial charge is 0.307 e. The summed E-state index contributed by atoms with van der Waals surface area (Å²) in [6.07, 6.45) is 0.140. The van der Waals surface area contributed by atoms with Crippen molar-refractivity contribution in [3.05, 3.63) is 42.0 Å². The fraction of sp³-hybridized carbons (Fsp3) is 0.316. The molecule has 3 rings (SSSR count). The Kier molecular flexibility index (Phi) is 5.44. The molecule has 27 heavy (non-hydrogen) atoms. The van der Waals surface area contributed by atoms with Gasteiger partial charge in [0.1, 0.15) is 0 Å². The molecular weight excluding hydrogens is 346 g/mol. The Labute approximate surface area is 156 Å². The monoisotopic (exact) mass is 367 g/mol. The molecule has 0 aliphatic heterocycles. The maximum absolute atomic E-state index is 12.6. The third-order valence-corrected chi connectivity index (χ3v) is 4.44. The summed E-state index contributed by atoms with van der Waals surface area (Å²) in [5, 5.41) is 18.7. The van der Waals surface area contributed by atoms with Gasteiger partial charge < -0.3 is 10.1 Å². The summed E-state index contributed by atoms with van der Waals surface area (Å²) in [4.78, 5) is 24.2. The van der Waals surface area contributed by atoms with Crippen LogP contribution < -0.4 is 5.32 Å². The zero-order chi connectivity index (χ0) is 19.4. The van der Waals surface area contributed by atoms with Crippen LogP contribution in [-0.2, 0) is 9.53 Å². The van der Waals surface area contributed by atoms with E-state index in [1.807, 2.05) is 44.2 Å². The van der Waals surface area contributed by atoms with Crippen molar-refractivity contribution in [2.75, 3.05) is 7.11 Å². The van der Waals surface area contributed by atoms with E-state index in [0.717, 1.165) is 16.3 Å². The Hall–Kier alpha value is -3.29. The van der Waals surface area contributed by atoms with Crippen LogP contribution in [-0.4, -0.2) is 45.7 Å². The van der Waals surface area contributed by atoms with E-state index in [1.54, 1.807) is 6.07 Å². The lowest BCUT2D eigenvalue weighted by Gasteiger charge is -2.21. The first-order chi connectivity index (χ1) is 13.0. The highest BCUT2D eigenvalue weighted by Crippen LogP contribution is 2.22. The van der Waals surface area contributed by atoms with Gasteiger partial charge in [-0.2, -0.15) is 5.21 Å². The van der Waals surface area contributed by atoms with Crippen LogP contribution in [0, 0.1) is 5.92 Å². The Morgan fingerprint density at radius 2 is 1.89 bits per heavy atom. The fourth-order valence-corrected chi connectivity index (χ4v) is 2.78. The molecule has 0 saturated carbocycles. The molecule has 140 valence electrons. The number of aromatic nitrogens is 4. The number of nitrogens with zero attached hydrogens (tertiary/aromatic N) is 3. The van der Waals surface area contributed by atoms with Gasteiger partial charge in [0.2, 0.25) is 5.82 Å². The third kappa shape index (κ3) is 4.28. The van der Waals surface area contributed by atoms with Gasteiger partial charge in [-0.3, -0.25) is 9.59 Å². The number of fused-ring (bicyclic) bond motifs is 1. The summed E-state index contributed by atoms with van der Waals surface area (Å²) in [6.45, 7) is 3.90. The van der Waals surface area contributed by atoms with Crippen LogP contribution >= 0.6 is 0 Å². The standard InChI is InChI=1S/C19H21N5O3/c1-11(2)16(10-17(25)27-3)20-19(26)15-7-5-12-8-14(6-4-13(12)9-15)18-21-23-24-22-18/h4-9,11,16H,10H2,1-3H3,(H,20,26)(H,21,22,23,24). The van der Waals surface area contributed by atoms with E-state index in [9.17, 15) is 9.59 Å². The van der Waals surface area contributed by atoms with Crippen LogP contribution in [0.3, 0.4) is 0 Å². The first kappa shape index (κ1) is 18.5. The quantitative estimate of drug-likeness (QED) is 0.647. The lowest BCUT2D eigenvalue weighted by molar-refractivity contribution is -0.141. The number of rotatable bonds is 6. The van der Waals surface area contributed by atoms with E-state index in [0.29, 0.717) is 11.4 Å². The van der Waals surface area contributed by atoms with Gasteiger partial charge in [-0.1, -0.05) is 32.0 Å². The molecule has 0 aliphatic carbocycles.